The first kappa shape index (κ1) is 19.0. The van der Waals surface area contributed by atoms with Gasteiger partial charge in [-0.05, 0) is 43.2 Å². The van der Waals surface area contributed by atoms with Gasteiger partial charge in [0.05, 0.1) is 0 Å². The molecule has 0 saturated carbocycles. The van der Waals surface area contributed by atoms with Crippen molar-refractivity contribution >= 4 is 11.8 Å². The Morgan fingerprint density at radius 1 is 1.15 bits per heavy atom. The van der Waals surface area contributed by atoms with Crippen molar-refractivity contribution in [1.29, 1.82) is 0 Å². The Kier molecular flexibility index (Phi) is 5.51. The third-order valence-electron chi connectivity index (χ3n) is 5.09. The Morgan fingerprint density at radius 2 is 1.81 bits per heavy atom. The maximum Gasteiger partial charge on any atom is 0.260 e. The molecule has 1 aliphatic rings. The summed E-state index contributed by atoms with van der Waals surface area (Å²) in [6, 6.07) is 15.2. The summed E-state index contributed by atoms with van der Waals surface area (Å²) < 4.78 is 13.1. The van der Waals surface area contributed by atoms with Crippen molar-refractivity contribution in [1.82, 2.24) is 9.80 Å². The van der Waals surface area contributed by atoms with Crippen LogP contribution in [-0.4, -0.2) is 40.2 Å². The summed E-state index contributed by atoms with van der Waals surface area (Å²) in [5, 5.41) is 0. The lowest BCUT2D eigenvalue weighted by atomic mass is 9.90. The van der Waals surface area contributed by atoms with E-state index in [2.05, 4.69) is 11.5 Å². The van der Waals surface area contributed by atoms with Crippen LogP contribution in [0.5, 0.6) is 0 Å². The molecule has 1 saturated heterocycles. The highest BCUT2D eigenvalue weighted by atomic mass is 19.1. The molecule has 2 aromatic carbocycles. The van der Waals surface area contributed by atoms with Crippen LogP contribution < -0.4 is 0 Å². The van der Waals surface area contributed by atoms with Gasteiger partial charge in [0.15, 0.2) is 0 Å². The first-order valence-electron chi connectivity index (χ1n) is 8.97. The van der Waals surface area contributed by atoms with E-state index in [-0.39, 0.29) is 5.91 Å². The summed E-state index contributed by atoms with van der Waals surface area (Å²) in [5.74, 6) is -1.06. The molecule has 0 aromatic heterocycles. The predicted molar refractivity (Wildman–Crippen MR) is 103 cm³/mol. The molecule has 0 unspecified atom stereocenters. The molecule has 0 N–H and O–H groups in total. The molecule has 0 aliphatic carbocycles. The minimum Gasteiger partial charge on any atom is -0.283 e. The van der Waals surface area contributed by atoms with Gasteiger partial charge >= 0.3 is 0 Å². The normalized spacial score (nSPS) is 20.5. The van der Waals surface area contributed by atoms with Gasteiger partial charge in [0, 0.05) is 25.2 Å². The highest BCUT2D eigenvalue weighted by molar-refractivity contribution is 6.07. The van der Waals surface area contributed by atoms with E-state index in [1.165, 1.54) is 29.2 Å². The van der Waals surface area contributed by atoms with Crippen molar-refractivity contribution in [3.8, 4) is 0 Å². The minimum atomic E-state index is -0.856. The maximum atomic E-state index is 13.3. The summed E-state index contributed by atoms with van der Waals surface area (Å²) in [6.45, 7) is 7.13. The molecular formula is C22H23FN2O2. The lowest BCUT2D eigenvalue weighted by Crippen LogP contribution is -2.65. The van der Waals surface area contributed by atoms with Gasteiger partial charge in [-0.3, -0.25) is 19.4 Å². The summed E-state index contributed by atoms with van der Waals surface area (Å²) >= 11 is 0. The number of hydrogen-bond donors (Lipinski definition) is 0. The zero-order valence-corrected chi connectivity index (χ0v) is 15.4. The molecule has 2 aromatic rings. The zero-order chi connectivity index (χ0) is 19.4. The van der Waals surface area contributed by atoms with Gasteiger partial charge in [-0.25, -0.2) is 4.39 Å². The molecule has 1 aliphatic heterocycles. The van der Waals surface area contributed by atoms with Crippen LogP contribution in [0.3, 0.4) is 0 Å². The number of piperazine rings is 1. The topological polar surface area (TPSA) is 40.6 Å². The number of rotatable bonds is 5. The van der Waals surface area contributed by atoms with Gasteiger partial charge in [0.2, 0.25) is 5.91 Å². The van der Waals surface area contributed by atoms with Crippen molar-refractivity contribution in [3.05, 3.63) is 84.2 Å². The van der Waals surface area contributed by atoms with Gasteiger partial charge < -0.3 is 0 Å². The molecule has 0 radical (unpaired) electrons. The Labute approximate surface area is 158 Å². The molecule has 0 bridgehead atoms. The van der Waals surface area contributed by atoms with Crippen molar-refractivity contribution in [3.63, 3.8) is 0 Å². The van der Waals surface area contributed by atoms with Crippen LogP contribution in [0.25, 0.3) is 0 Å². The quantitative estimate of drug-likeness (QED) is 0.599. The minimum absolute atomic E-state index is 0.251. The second-order valence-electron chi connectivity index (χ2n) is 6.94. The second-order valence-corrected chi connectivity index (χ2v) is 6.94. The number of benzene rings is 2. The molecule has 1 atom stereocenters. The van der Waals surface area contributed by atoms with Gasteiger partial charge in [-0.1, -0.05) is 36.4 Å². The average molecular weight is 366 g/mol. The van der Waals surface area contributed by atoms with E-state index >= 15 is 0 Å². The summed E-state index contributed by atoms with van der Waals surface area (Å²) in [5.41, 5.74) is 0.562. The lowest BCUT2D eigenvalue weighted by molar-refractivity contribution is -0.147. The molecule has 1 fully saturated rings. The van der Waals surface area contributed by atoms with Crippen molar-refractivity contribution in [2.75, 3.05) is 13.1 Å². The Bertz CT molecular complexity index is 835. The van der Waals surface area contributed by atoms with E-state index < -0.39 is 17.3 Å². The van der Waals surface area contributed by atoms with Crippen LogP contribution in [0, 0.1) is 5.82 Å². The Balaban J connectivity index is 1.85. The Morgan fingerprint density at radius 3 is 2.44 bits per heavy atom. The molecule has 27 heavy (non-hydrogen) atoms. The summed E-state index contributed by atoms with van der Waals surface area (Å²) in [4.78, 5) is 29.5. The van der Waals surface area contributed by atoms with Crippen molar-refractivity contribution in [2.45, 2.75) is 25.4 Å². The fraction of sp³-hybridized carbons (Fsp3) is 0.273. The average Bonchev–Trinajstić information content (AvgIpc) is 2.67. The smallest absolute Gasteiger partial charge is 0.260 e. The first-order valence-corrected chi connectivity index (χ1v) is 8.97. The highest BCUT2D eigenvalue weighted by Crippen LogP contribution is 2.29. The number of carbonyl (C=O) groups is 2. The van der Waals surface area contributed by atoms with Gasteiger partial charge in [0.25, 0.3) is 5.91 Å². The van der Waals surface area contributed by atoms with Crippen LogP contribution in [0.2, 0.25) is 0 Å². The van der Waals surface area contributed by atoms with E-state index in [0.717, 1.165) is 5.56 Å². The first-order chi connectivity index (χ1) is 13.0. The van der Waals surface area contributed by atoms with E-state index in [9.17, 15) is 14.0 Å². The van der Waals surface area contributed by atoms with E-state index in [4.69, 9.17) is 0 Å². The number of carbonyl (C=O) groups excluding carboxylic acids is 2. The SMILES string of the molecule is C=CC[C@@]1(C)C(=O)N(C(=O)c2ccc(F)cc2)CCN1Cc1ccccc1. The lowest BCUT2D eigenvalue weighted by Gasteiger charge is -2.46. The molecule has 3 rings (SSSR count). The molecule has 140 valence electrons. The summed E-state index contributed by atoms with van der Waals surface area (Å²) in [7, 11) is 0. The fourth-order valence-electron chi connectivity index (χ4n) is 3.49. The van der Waals surface area contributed by atoms with E-state index in [1.54, 1.807) is 6.08 Å². The number of hydrogen-bond acceptors (Lipinski definition) is 3. The van der Waals surface area contributed by atoms with Crippen LogP contribution in [0.15, 0.2) is 67.3 Å². The standard InChI is InChI=1S/C22H23FN2O2/c1-3-13-22(2)21(27)25(20(26)18-9-11-19(23)12-10-18)15-14-24(22)16-17-7-5-4-6-8-17/h3-12H,1,13-16H2,2H3/t22-/m0/s1. The van der Waals surface area contributed by atoms with Crippen molar-refractivity contribution < 1.29 is 14.0 Å². The number of halogens is 1. The largest absolute Gasteiger partial charge is 0.283 e. The molecule has 5 heteroatoms. The van der Waals surface area contributed by atoms with E-state index in [1.807, 2.05) is 37.3 Å². The van der Waals surface area contributed by atoms with E-state index in [0.29, 0.717) is 31.6 Å². The molecule has 2 amide bonds. The van der Waals surface area contributed by atoms with Crippen LogP contribution in [0.4, 0.5) is 4.39 Å². The predicted octanol–water partition coefficient (Wildman–Crippen LogP) is 3.65. The van der Waals surface area contributed by atoms with Crippen LogP contribution in [-0.2, 0) is 11.3 Å². The van der Waals surface area contributed by atoms with Gasteiger partial charge in [0.1, 0.15) is 11.4 Å². The van der Waals surface area contributed by atoms with Crippen LogP contribution >= 0.6 is 0 Å². The maximum absolute atomic E-state index is 13.3. The molecule has 0 spiro atoms. The monoisotopic (exact) mass is 366 g/mol. The number of amides is 2. The highest BCUT2D eigenvalue weighted by Gasteiger charge is 2.46. The number of nitrogens with zero attached hydrogens (tertiary/aromatic N) is 2. The van der Waals surface area contributed by atoms with Gasteiger partial charge in [-0.2, -0.15) is 0 Å². The second kappa shape index (κ2) is 7.84. The molecule has 4 nitrogen and oxygen atoms in total. The zero-order valence-electron chi connectivity index (χ0n) is 15.4. The molecule has 1 heterocycles. The van der Waals surface area contributed by atoms with Crippen molar-refractivity contribution in [2.24, 2.45) is 0 Å². The molecular weight excluding hydrogens is 343 g/mol. The number of imide groups is 1. The summed E-state index contributed by atoms with van der Waals surface area (Å²) in [6.07, 6.45) is 2.15. The third kappa shape index (κ3) is 3.83. The van der Waals surface area contributed by atoms with Crippen LogP contribution in [0.1, 0.15) is 29.3 Å². The third-order valence-corrected chi connectivity index (χ3v) is 5.09. The fourth-order valence-corrected chi connectivity index (χ4v) is 3.49. The Hall–Kier alpha value is -2.79. The van der Waals surface area contributed by atoms with Gasteiger partial charge in [-0.15, -0.1) is 6.58 Å².